The molecule has 2 aromatic heterocycles. The zero-order valence-electron chi connectivity index (χ0n) is 18.1. The molecule has 3 heterocycles. The third-order valence-corrected chi connectivity index (χ3v) is 5.64. The third kappa shape index (κ3) is 4.06. The number of carboxylic acid groups (broad SMARTS) is 1. The normalized spacial score (nSPS) is 15.2. The van der Waals surface area contributed by atoms with Crippen LogP contribution in [-0.2, 0) is 9.59 Å². The van der Waals surface area contributed by atoms with E-state index in [4.69, 9.17) is 12.2 Å². The molecule has 3 aromatic rings. The van der Waals surface area contributed by atoms with Gasteiger partial charge in [-0.25, -0.2) is 9.78 Å². The standard InChI is InChI=1S/C24H20N4O4S/c1-13-7-8-25-20(9-13)27-14(2)10-17(15(27)3)12-19-21(29)26-24(33)28(22(19)30)18-6-4-5-16(11-18)23(31)32/h4-12H,1-3H3,(H,31,32)(H,26,29,33). The first-order chi connectivity index (χ1) is 15.7. The lowest BCUT2D eigenvalue weighted by molar-refractivity contribution is -0.122. The highest BCUT2D eigenvalue weighted by Crippen LogP contribution is 2.26. The Bertz CT molecular complexity index is 1370. The number of benzene rings is 1. The van der Waals surface area contributed by atoms with Gasteiger partial charge in [-0.1, -0.05) is 6.07 Å². The zero-order chi connectivity index (χ0) is 23.9. The van der Waals surface area contributed by atoms with Gasteiger partial charge in [-0.15, -0.1) is 0 Å². The Morgan fingerprint density at radius 2 is 1.88 bits per heavy atom. The van der Waals surface area contributed by atoms with Crippen molar-refractivity contribution in [2.24, 2.45) is 0 Å². The van der Waals surface area contributed by atoms with Gasteiger partial charge in [-0.05, 0) is 86.6 Å². The van der Waals surface area contributed by atoms with Crippen molar-refractivity contribution in [3.05, 3.63) is 82.3 Å². The highest BCUT2D eigenvalue weighted by molar-refractivity contribution is 7.80. The summed E-state index contributed by atoms with van der Waals surface area (Å²) in [5.41, 5.74) is 3.59. The van der Waals surface area contributed by atoms with E-state index < -0.39 is 17.8 Å². The van der Waals surface area contributed by atoms with Crippen LogP contribution in [0.25, 0.3) is 11.9 Å². The fourth-order valence-electron chi connectivity index (χ4n) is 3.75. The number of rotatable bonds is 4. The molecular weight excluding hydrogens is 440 g/mol. The van der Waals surface area contributed by atoms with Crippen molar-refractivity contribution in [2.45, 2.75) is 20.8 Å². The van der Waals surface area contributed by atoms with Gasteiger partial charge in [-0.2, -0.15) is 0 Å². The number of nitrogens with one attached hydrogen (secondary N) is 1. The molecule has 166 valence electrons. The monoisotopic (exact) mass is 460 g/mol. The van der Waals surface area contributed by atoms with Crippen LogP contribution in [0.2, 0.25) is 0 Å². The summed E-state index contributed by atoms with van der Waals surface area (Å²) in [4.78, 5) is 42.8. The number of pyridine rings is 1. The smallest absolute Gasteiger partial charge is 0.335 e. The van der Waals surface area contributed by atoms with Gasteiger partial charge in [-0.3, -0.25) is 19.8 Å². The van der Waals surface area contributed by atoms with Gasteiger partial charge in [0.2, 0.25) is 0 Å². The number of carbonyl (C=O) groups excluding carboxylic acids is 2. The fourth-order valence-corrected chi connectivity index (χ4v) is 4.04. The Labute approximate surface area is 195 Å². The maximum atomic E-state index is 13.3. The van der Waals surface area contributed by atoms with E-state index in [0.29, 0.717) is 5.56 Å². The molecule has 0 spiro atoms. The lowest BCUT2D eigenvalue weighted by Gasteiger charge is -2.29. The van der Waals surface area contributed by atoms with Gasteiger partial charge in [0.25, 0.3) is 11.8 Å². The quantitative estimate of drug-likeness (QED) is 0.352. The largest absolute Gasteiger partial charge is 0.478 e. The lowest BCUT2D eigenvalue weighted by atomic mass is 10.1. The molecule has 0 radical (unpaired) electrons. The molecule has 1 fully saturated rings. The second kappa shape index (κ2) is 8.44. The molecule has 4 rings (SSSR count). The highest BCUT2D eigenvalue weighted by atomic mass is 32.1. The number of nitrogens with zero attached hydrogens (tertiary/aromatic N) is 3. The molecule has 2 amide bonds. The summed E-state index contributed by atoms with van der Waals surface area (Å²) >= 11 is 5.20. The highest BCUT2D eigenvalue weighted by Gasteiger charge is 2.35. The van der Waals surface area contributed by atoms with Crippen LogP contribution in [0.3, 0.4) is 0 Å². The van der Waals surface area contributed by atoms with E-state index >= 15 is 0 Å². The van der Waals surface area contributed by atoms with Crippen molar-refractivity contribution in [1.82, 2.24) is 14.9 Å². The van der Waals surface area contributed by atoms with E-state index in [9.17, 15) is 19.5 Å². The summed E-state index contributed by atoms with van der Waals surface area (Å²) in [6, 6.07) is 11.5. The van der Waals surface area contributed by atoms with Crippen LogP contribution < -0.4 is 10.2 Å². The molecule has 0 aliphatic carbocycles. The Kier molecular flexibility index (Phi) is 5.65. The minimum absolute atomic E-state index is 0.000250. The molecule has 1 aliphatic heterocycles. The minimum Gasteiger partial charge on any atom is -0.478 e. The lowest BCUT2D eigenvalue weighted by Crippen LogP contribution is -2.54. The predicted octanol–water partition coefficient (Wildman–Crippen LogP) is 3.33. The first-order valence-electron chi connectivity index (χ1n) is 10.0. The molecule has 9 heteroatoms. The van der Waals surface area contributed by atoms with E-state index in [1.54, 1.807) is 12.3 Å². The molecule has 2 N–H and O–H groups in total. The molecule has 1 saturated heterocycles. The third-order valence-electron chi connectivity index (χ3n) is 5.35. The summed E-state index contributed by atoms with van der Waals surface area (Å²) in [6.45, 7) is 5.78. The van der Waals surface area contributed by atoms with Crippen LogP contribution >= 0.6 is 12.2 Å². The molecule has 1 aliphatic rings. The van der Waals surface area contributed by atoms with Crippen molar-refractivity contribution in [2.75, 3.05) is 4.90 Å². The SMILES string of the molecule is Cc1ccnc(-n2c(C)cc(C=C3C(=O)NC(=S)N(c4cccc(C(=O)O)c4)C3=O)c2C)c1. The minimum atomic E-state index is -1.13. The molecule has 8 nitrogen and oxygen atoms in total. The van der Waals surface area contributed by atoms with Crippen molar-refractivity contribution < 1.29 is 19.5 Å². The number of amides is 2. The van der Waals surface area contributed by atoms with Crippen LogP contribution in [0.1, 0.15) is 32.9 Å². The topological polar surface area (TPSA) is 105 Å². The summed E-state index contributed by atoms with van der Waals surface area (Å²) in [5, 5.41) is 11.7. The Morgan fingerprint density at radius 1 is 1.12 bits per heavy atom. The molecular formula is C24H20N4O4S. The maximum Gasteiger partial charge on any atom is 0.335 e. The van der Waals surface area contributed by atoms with Crippen LogP contribution in [-0.4, -0.2) is 37.6 Å². The number of aromatic carboxylic acids is 1. The Morgan fingerprint density at radius 3 is 2.58 bits per heavy atom. The first kappa shape index (κ1) is 22.1. The maximum absolute atomic E-state index is 13.3. The van der Waals surface area contributed by atoms with Gasteiger partial charge in [0, 0.05) is 17.6 Å². The van der Waals surface area contributed by atoms with Crippen LogP contribution in [0.4, 0.5) is 5.69 Å². The van der Waals surface area contributed by atoms with Gasteiger partial charge in [0.15, 0.2) is 5.11 Å². The number of aryl methyl sites for hydroxylation is 2. The van der Waals surface area contributed by atoms with E-state index in [0.717, 1.165) is 27.7 Å². The van der Waals surface area contributed by atoms with E-state index in [2.05, 4.69) is 10.3 Å². The Hall–Kier alpha value is -4.11. The number of aromatic nitrogens is 2. The number of hydrogen-bond donors (Lipinski definition) is 2. The number of carbonyl (C=O) groups is 3. The van der Waals surface area contributed by atoms with E-state index in [1.165, 1.54) is 24.3 Å². The molecule has 1 aromatic carbocycles. The van der Waals surface area contributed by atoms with Crippen LogP contribution in [0.5, 0.6) is 0 Å². The van der Waals surface area contributed by atoms with E-state index in [-0.39, 0.29) is 21.9 Å². The average Bonchev–Trinajstić information content (AvgIpc) is 3.04. The van der Waals surface area contributed by atoms with Crippen molar-refractivity contribution in [3.63, 3.8) is 0 Å². The van der Waals surface area contributed by atoms with Gasteiger partial charge >= 0.3 is 5.97 Å². The molecule has 0 atom stereocenters. The average molecular weight is 461 g/mol. The molecule has 33 heavy (non-hydrogen) atoms. The van der Waals surface area contributed by atoms with Crippen molar-refractivity contribution >= 4 is 46.9 Å². The number of thiocarbonyl (C=S) groups is 1. The summed E-state index contributed by atoms with van der Waals surface area (Å²) < 4.78 is 1.95. The van der Waals surface area contributed by atoms with E-state index in [1.807, 2.05) is 43.5 Å². The second-order valence-corrected chi connectivity index (χ2v) is 8.05. The predicted molar refractivity (Wildman–Crippen MR) is 127 cm³/mol. The summed E-state index contributed by atoms with van der Waals surface area (Å²) in [6.07, 6.45) is 3.24. The number of hydrogen-bond acceptors (Lipinski definition) is 5. The van der Waals surface area contributed by atoms with Gasteiger partial charge < -0.3 is 9.67 Å². The van der Waals surface area contributed by atoms with Crippen molar-refractivity contribution in [3.8, 4) is 5.82 Å². The first-order valence-corrected chi connectivity index (χ1v) is 10.4. The van der Waals surface area contributed by atoms with Crippen LogP contribution in [0.15, 0.2) is 54.2 Å². The molecule has 0 unspecified atom stereocenters. The number of anilines is 1. The van der Waals surface area contributed by atoms with Crippen molar-refractivity contribution in [1.29, 1.82) is 0 Å². The number of carboxylic acids is 1. The second-order valence-electron chi connectivity index (χ2n) is 7.67. The Balaban J connectivity index is 1.77. The molecule has 0 bridgehead atoms. The van der Waals surface area contributed by atoms with Gasteiger partial charge in [0.05, 0.1) is 11.3 Å². The zero-order valence-corrected chi connectivity index (χ0v) is 18.9. The van der Waals surface area contributed by atoms with Crippen LogP contribution in [0, 0.1) is 20.8 Å². The molecule has 0 saturated carbocycles. The summed E-state index contributed by atoms with van der Waals surface area (Å²) in [7, 11) is 0. The van der Waals surface area contributed by atoms with Gasteiger partial charge in [0.1, 0.15) is 11.4 Å². The summed E-state index contributed by atoms with van der Waals surface area (Å²) in [5.74, 6) is -1.65. The fraction of sp³-hybridized carbons (Fsp3) is 0.125.